The van der Waals surface area contributed by atoms with Crippen LogP contribution in [0.25, 0.3) is 0 Å². The summed E-state index contributed by atoms with van der Waals surface area (Å²) in [4.78, 5) is 0. The number of sulfonamides is 1. The molecule has 0 fully saturated rings. The van der Waals surface area contributed by atoms with Crippen molar-refractivity contribution in [3.63, 3.8) is 0 Å². The Hall–Kier alpha value is -0.960. The number of hydrogen-bond acceptors (Lipinski definition) is 5. The maximum absolute atomic E-state index is 12.4. The highest BCUT2D eigenvalue weighted by Crippen LogP contribution is 2.14. The van der Waals surface area contributed by atoms with E-state index in [1.807, 2.05) is 20.8 Å². The third-order valence-corrected chi connectivity index (χ3v) is 4.47. The molecule has 0 amide bonds. The summed E-state index contributed by atoms with van der Waals surface area (Å²) in [5.74, 6) is 0.130. The van der Waals surface area contributed by atoms with Crippen LogP contribution in [0.2, 0.25) is 0 Å². The molecule has 20 heavy (non-hydrogen) atoms. The van der Waals surface area contributed by atoms with Crippen LogP contribution in [-0.4, -0.2) is 44.9 Å². The van der Waals surface area contributed by atoms with Gasteiger partial charge in [0, 0.05) is 25.3 Å². The molecule has 116 valence electrons. The van der Waals surface area contributed by atoms with Crippen molar-refractivity contribution in [2.24, 2.45) is 5.92 Å². The molecular weight excluding hydrogens is 280 g/mol. The topological polar surface area (TPSA) is 96.1 Å². The summed E-state index contributed by atoms with van der Waals surface area (Å²) in [7, 11) is -2.08. The number of rotatable bonds is 9. The fourth-order valence-electron chi connectivity index (χ4n) is 1.72. The maximum Gasteiger partial charge on any atom is 0.258 e. The average Bonchev–Trinajstić information content (AvgIpc) is 2.84. The molecule has 0 aromatic carbocycles. The largest absolute Gasteiger partial charge is 0.383 e. The smallest absolute Gasteiger partial charge is 0.258 e. The molecule has 0 aliphatic carbocycles. The summed E-state index contributed by atoms with van der Waals surface area (Å²) in [5, 5.41) is 9.58. The van der Waals surface area contributed by atoms with E-state index in [1.54, 1.807) is 7.11 Å². The minimum Gasteiger partial charge on any atom is -0.383 e. The van der Waals surface area contributed by atoms with E-state index in [9.17, 15) is 8.42 Å². The highest BCUT2D eigenvalue weighted by Gasteiger charge is 2.26. The summed E-state index contributed by atoms with van der Waals surface area (Å²) >= 11 is 0. The quantitative estimate of drug-likeness (QED) is 0.616. The van der Waals surface area contributed by atoms with Crippen molar-refractivity contribution < 1.29 is 13.2 Å². The van der Waals surface area contributed by atoms with Crippen LogP contribution >= 0.6 is 0 Å². The number of nitrogens with zero attached hydrogens (tertiary/aromatic N) is 1. The molecular formula is C12H24N4O3S. The summed E-state index contributed by atoms with van der Waals surface area (Å²) in [6.45, 7) is 7.39. The molecule has 0 spiro atoms. The number of aromatic nitrogens is 2. The third-order valence-electron chi connectivity index (χ3n) is 2.97. The van der Waals surface area contributed by atoms with Crippen molar-refractivity contribution in [1.29, 1.82) is 0 Å². The summed E-state index contributed by atoms with van der Waals surface area (Å²) in [6.07, 6.45) is 1.53. The van der Waals surface area contributed by atoms with Gasteiger partial charge >= 0.3 is 0 Å². The zero-order chi connectivity index (χ0) is 15.2. The van der Waals surface area contributed by atoms with Gasteiger partial charge in [-0.05, 0) is 12.5 Å². The van der Waals surface area contributed by atoms with Gasteiger partial charge in [0.25, 0.3) is 10.0 Å². The van der Waals surface area contributed by atoms with Gasteiger partial charge in [0.2, 0.25) is 0 Å². The van der Waals surface area contributed by atoms with Crippen molar-refractivity contribution in [3.8, 4) is 0 Å². The van der Waals surface area contributed by atoms with Crippen LogP contribution in [0.5, 0.6) is 0 Å². The Bertz CT molecular complexity index is 499. The van der Waals surface area contributed by atoms with E-state index < -0.39 is 10.0 Å². The number of H-pyrrole nitrogens is 1. The standard InChI is InChI=1S/C12H24N4O3S/c1-5-13-6-10-7-14-15-12(10)20(17,18)16-11(8-19-4)9(2)3/h7,9,11,13,16H,5-6,8H2,1-4H3,(H,14,15). The molecule has 0 bridgehead atoms. The Morgan fingerprint density at radius 1 is 1.45 bits per heavy atom. The summed E-state index contributed by atoms with van der Waals surface area (Å²) in [6, 6.07) is -0.278. The lowest BCUT2D eigenvalue weighted by atomic mass is 10.1. The Morgan fingerprint density at radius 2 is 2.15 bits per heavy atom. The van der Waals surface area contributed by atoms with Gasteiger partial charge in [-0.15, -0.1) is 0 Å². The predicted molar refractivity (Wildman–Crippen MR) is 76.8 cm³/mol. The number of nitrogens with one attached hydrogen (secondary N) is 3. The van der Waals surface area contributed by atoms with Crippen molar-refractivity contribution in [1.82, 2.24) is 20.2 Å². The van der Waals surface area contributed by atoms with Gasteiger partial charge in [0.05, 0.1) is 12.8 Å². The first-order chi connectivity index (χ1) is 9.42. The molecule has 0 aliphatic heterocycles. The Labute approximate surface area is 120 Å². The van der Waals surface area contributed by atoms with Gasteiger partial charge in [-0.1, -0.05) is 20.8 Å². The molecule has 1 rings (SSSR count). The number of ether oxygens (including phenoxy) is 1. The third kappa shape index (κ3) is 4.55. The van der Waals surface area contributed by atoms with Gasteiger partial charge in [0.15, 0.2) is 5.03 Å². The number of methoxy groups -OCH3 is 1. The second-order valence-corrected chi connectivity index (χ2v) is 6.58. The lowest BCUT2D eigenvalue weighted by Gasteiger charge is -2.21. The van der Waals surface area contributed by atoms with E-state index in [1.165, 1.54) is 6.20 Å². The molecule has 0 saturated carbocycles. The second-order valence-electron chi connectivity index (χ2n) is 4.93. The van der Waals surface area contributed by atoms with Crippen molar-refractivity contribution in [2.75, 3.05) is 20.3 Å². The fraction of sp³-hybridized carbons (Fsp3) is 0.750. The van der Waals surface area contributed by atoms with E-state index >= 15 is 0 Å². The zero-order valence-corrected chi connectivity index (χ0v) is 13.3. The average molecular weight is 304 g/mol. The Kier molecular flexibility index (Phi) is 6.60. The fourth-order valence-corrected chi connectivity index (χ4v) is 3.22. The molecule has 3 N–H and O–H groups in total. The van der Waals surface area contributed by atoms with Gasteiger partial charge in [-0.25, -0.2) is 13.1 Å². The normalized spacial score (nSPS) is 13.8. The van der Waals surface area contributed by atoms with E-state index in [0.717, 1.165) is 6.54 Å². The van der Waals surface area contributed by atoms with Crippen LogP contribution in [0.15, 0.2) is 11.2 Å². The lowest BCUT2D eigenvalue weighted by Crippen LogP contribution is -2.42. The molecule has 7 nitrogen and oxygen atoms in total. The number of hydrogen-bond donors (Lipinski definition) is 3. The van der Waals surface area contributed by atoms with Crippen LogP contribution in [0.3, 0.4) is 0 Å². The van der Waals surface area contributed by atoms with Crippen molar-refractivity contribution >= 4 is 10.0 Å². The molecule has 1 unspecified atom stereocenters. The van der Waals surface area contributed by atoms with Crippen molar-refractivity contribution in [2.45, 2.75) is 38.4 Å². The molecule has 1 atom stereocenters. The zero-order valence-electron chi connectivity index (χ0n) is 12.4. The highest BCUT2D eigenvalue weighted by atomic mass is 32.2. The molecule has 1 aromatic heterocycles. The SMILES string of the molecule is CCNCc1cn[nH]c1S(=O)(=O)NC(COC)C(C)C. The molecule has 0 aliphatic rings. The summed E-state index contributed by atoms with van der Waals surface area (Å²) < 4.78 is 32.5. The van der Waals surface area contributed by atoms with E-state index in [2.05, 4.69) is 20.2 Å². The maximum atomic E-state index is 12.4. The van der Waals surface area contributed by atoms with E-state index in [-0.39, 0.29) is 17.0 Å². The van der Waals surface area contributed by atoms with Crippen molar-refractivity contribution in [3.05, 3.63) is 11.8 Å². The monoisotopic (exact) mass is 304 g/mol. The molecule has 0 radical (unpaired) electrons. The predicted octanol–water partition coefficient (Wildman–Crippen LogP) is 0.469. The van der Waals surface area contributed by atoms with Crippen LogP contribution in [0, 0.1) is 5.92 Å². The van der Waals surface area contributed by atoms with Gasteiger partial charge in [-0.2, -0.15) is 5.10 Å². The second kappa shape index (κ2) is 7.72. The summed E-state index contributed by atoms with van der Waals surface area (Å²) in [5.41, 5.74) is 0.624. The first-order valence-corrected chi connectivity index (χ1v) is 8.14. The first-order valence-electron chi connectivity index (χ1n) is 6.66. The molecule has 1 aromatic rings. The Balaban J connectivity index is 2.90. The van der Waals surface area contributed by atoms with Gasteiger partial charge in [-0.3, -0.25) is 5.10 Å². The van der Waals surface area contributed by atoms with Crippen LogP contribution in [-0.2, 0) is 21.3 Å². The number of aromatic amines is 1. The highest BCUT2D eigenvalue weighted by molar-refractivity contribution is 7.89. The lowest BCUT2D eigenvalue weighted by molar-refractivity contribution is 0.157. The minimum atomic E-state index is -3.63. The molecule has 8 heteroatoms. The van der Waals surface area contributed by atoms with Crippen LogP contribution in [0.4, 0.5) is 0 Å². The minimum absolute atomic E-state index is 0.111. The van der Waals surface area contributed by atoms with Gasteiger partial charge in [0.1, 0.15) is 0 Å². The van der Waals surface area contributed by atoms with Crippen LogP contribution in [0.1, 0.15) is 26.3 Å². The van der Waals surface area contributed by atoms with Crippen LogP contribution < -0.4 is 10.0 Å². The van der Waals surface area contributed by atoms with E-state index in [0.29, 0.717) is 18.7 Å². The van der Waals surface area contributed by atoms with E-state index in [4.69, 9.17) is 4.74 Å². The molecule has 0 saturated heterocycles. The Morgan fingerprint density at radius 3 is 2.70 bits per heavy atom. The first kappa shape index (κ1) is 17.1. The van der Waals surface area contributed by atoms with Gasteiger partial charge < -0.3 is 10.1 Å². The molecule has 1 heterocycles.